The Morgan fingerprint density at radius 2 is 1.51 bits per heavy atom. The standard InChI is InChI=1S/C34H36ClN3O5S2/c1-34(2,3)43-32(40)37-20-18-36(19-21-37)17-4-22-41-27-15-9-26(10-16-27)38-31(39)30(45-33(38)44)23-24-5-11-28(12-6-24)42-29-13-7-25(35)8-14-29/h5-16,23H,4,17-22H2,1-3H3. The number of carbonyl (C=O) groups excluding carboxylic acids is 2. The lowest BCUT2D eigenvalue weighted by molar-refractivity contribution is -0.113. The maximum absolute atomic E-state index is 13.3. The highest BCUT2D eigenvalue weighted by Crippen LogP contribution is 2.37. The van der Waals surface area contributed by atoms with Crippen molar-refractivity contribution in [2.45, 2.75) is 32.8 Å². The van der Waals surface area contributed by atoms with Crippen LogP contribution in [0.4, 0.5) is 10.5 Å². The van der Waals surface area contributed by atoms with E-state index in [2.05, 4.69) is 4.90 Å². The van der Waals surface area contributed by atoms with Gasteiger partial charge in [-0.15, -0.1) is 0 Å². The summed E-state index contributed by atoms with van der Waals surface area (Å²) in [6.45, 7) is 10.1. The van der Waals surface area contributed by atoms with Crippen molar-refractivity contribution in [3.8, 4) is 17.2 Å². The van der Waals surface area contributed by atoms with Crippen LogP contribution < -0.4 is 14.4 Å². The molecule has 2 amide bonds. The second-order valence-electron chi connectivity index (χ2n) is 11.6. The summed E-state index contributed by atoms with van der Waals surface area (Å²) in [5.74, 6) is 1.95. The maximum atomic E-state index is 13.3. The van der Waals surface area contributed by atoms with Gasteiger partial charge in [-0.3, -0.25) is 14.6 Å². The van der Waals surface area contributed by atoms with Crippen LogP contribution in [0.5, 0.6) is 17.2 Å². The zero-order chi connectivity index (χ0) is 32.0. The van der Waals surface area contributed by atoms with Crippen molar-refractivity contribution in [3.63, 3.8) is 0 Å². The topological polar surface area (TPSA) is 71.6 Å². The summed E-state index contributed by atoms with van der Waals surface area (Å²) in [5.41, 5.74) is 1.08. The van der Waals surface area contributed by atoms with E-state index in [1.54, 1.807) is 34.1 Å². The Labute approximate surface area is 278 Å². The molecule has 0 saturated carbocycles. The van der Waals surface area contributed by atoms with Crippen molar-refractivity contribution in [1.29, 1.82) is 0 Å². The SMILES string of the molecule is CC(C)(C)OC(=O)N1CCN(CCCOc2ccc(N3C(=O)C(=Cc4ccc(Oc5ccc(Cl)cc5)cc4)SC3=S)cc2)CC1. The van der Waals surface area contributed by atoms with Gasteiger partial charge in [-0.1, -0.05) is 47.7 Å². The fraction of sp³-hybridized carbons (Fsp3) is 0.324. The van der Waals surface area contributed by atoms with Crippen molar-refractivity contribution in [2.75, 3.05) is 44.2 Å². The molecule has 0 unspecified atom stereocenters. The molecular formula is C34H36ClN3O5S2. The number of halogens is 1. The summed E-state index contributed by atoms with van der Waals surface area (Å²) in [7, 11) is 0. The van der Waals surface area contributed by atoms with Gasteiger partial charge in [-0.05, 0) is 99.5 Å². The van der Waals surface area contributed by atoms with Crippen molar-refractivity contribution < 1.29 is 23.8 Å². The lowest BCUT2D eigenvalue weighted by atomic mass is 10.2. The Morgan fingerprint density at radius 1 is 0.911 bits per heavy atom. The first-order valence-electron chi connectivity index (χ1n) is 14.8. The molecule has 11 heteroatoms. The largest absolute Gasteiger partial charge is 0.494 e. The normalized spacial score (nSPS) is 16.8. The Kier molecular flexibility index (Phi) is 10.7. The van der Waals surface area contributed by atoms with Crippen LogP contribution in [0, 0.1) is 0 Å². The van der Waals surface area contributed by atoms with Gasteiger partial charge < -0.3 is 19.1 Å². The third-order valence-electron chi connectivity index (χ3n) is 7.03. The van der Waals surface area contributed by atoms with E-state index in [4.69, 9.17) is 38.0 Å². The minimum Gasteiger partial charge on any atom is -0.494 e. The van der Waals surface area contributed by atoms with Crippen molar-refractivity contribution in [2.24, 2.45) is 0 Å². The van der Waals surface area contributed by atoms with Crippen LogP contribution in [0.25, 0.3) is 6.08 Å². The van der Waals surface area contributed by atoms with Crippen LogP contribution in [0.2, 0.25) is 5.02 Å². The number of benzene rings is 3. The molecule has 3 aromatic carbocycles. The number of hydrogen-bond acceptors (Lipinski definition) is 8. The van der Waals surface area contributed by atoms with Crippen molar-refractivity contribution in [3.05, 3.63) is 88.3 Å². The first kappa shape index (κ1) is 32.8. The van der Waals surface area contributed by atoms with Gasteiger partial charge in [0.25, 0.3) is 5.91 Å². The number of amides is 2. The zero-order valence-electron chi connectivity index (χ0n) is 25.5. The van der Waals surface area contributed by atoms with Crippen LogP contribution in [0.1, 0.15) is 32.8 Å². The number of thiocarbonyl (C=S) groups is 1. The zero-order valence-corrected chi connectivity index (χ0v) is 27.9. The summed E-state index contributed by atoms with van der Waals surface area (Å²) >= 11 is 12.8. The highest BCUT2D eigenvalue weighted by Gasteiger charge is 2.33. The molecule has 45 heavy (non-hydrogen) atoms. The number of nitrogens with zero attached hydrogens (tertiary/aromatic N) is 3. The van der Waals surface area contributed by atoms with Gasteiger partial charge in [0.2, 0.25) is 0 Å². The molecule has 2 aliphatic heterocycles. The van der Waals surface area contributed by atoms with Crippen LogP contribution in [-0.2, 0) is 9.53 Å². The van der Waals surface area contributed by atoms with E-state index >= 15 is 0 Å². The molecule has 2 saturated heterocycles. The van der Waals surface area contributed by atoms with Gasteiger partial charge in [0.05, 0.1) is 17.2 Å². The minimum atomic E-state index is -0.483. The molecule has 5 rings (SSSR count). The molecule has 3 aromatic rings. The number of piperazine rings is 1. The third-order valence-corrected chi connectivity index (χ3v) is 8.58. The van der Waals surface area contributed by atoms with Gasteiger partial charge in [-0.2, -0.15) is 0 Å². The highest BCUT2D eigenvalue weighted by atomic mass is 35.5. The number of carbonyl (C=O) groups is 2. The monoisotopic (exact) mass is 665 g/mol. The van der Waals surface area contributed by atoms with E-state index < -0.39 is 5.60 Å². The van der Waals surface area contributed by atoms with E-state index in [0.29, 0.717) is 51.1 Å². The minimum absolute atomic E-state index is 0.160. The smallest absolute Gasteiger partial charge is 0.410 e. The molecule has 0 spiro atoms. The van der Waals surface area contributed by atoms with E-state index in [1.807, 2.05) is 75.4 Å². The molecule has 8 nitrogen and oxygen atoms in total. The quantitative estimate of drug-likeness (QED) is 0.130. The fourth-order valence-corrected chi connectivity index (χ4v) is 6.19. The molecule has 0 aliphatic carbocycles. The van der Waals surface area contributed by atoms with Crippen LogP contribution in [-0.4, -0.2) is 71.1 Å². The van der Waals surface area contributed by atoms with Crippen molar-refractivity contribution in [1.82, 2.24) is 9.80 Å². The second kappa shape index (κ2) is 14.7. The predicted octanol–water partition coefficient (Wildman–Crippen LogP) is 7.86. The first-order chi connectivity index (χ1) is 21.5. The van der Waals surface area contributed by atoms with Gasteiger partial charge in [0, 0.05) is 37.7 Å². The second-order valence-corrected chi connectivity index (χ2v) is 13.8. The molecule has 2 aliphatic rings. The van der Waals surface area contributed by atoms with E-state index in [0.717, 1.165) is 37.4 Å². The lowest BCUT2D eigenvalue weighted by Gasteiger charge is -2.35. The van der Waals surface area contributed by atoms with E-state index in [9.17, 15) is 9.59 Å². The molecule has 0 aromatic heterocycles. The predicted molar refractivity (Wildman–Crippen MR) is 184 cm³/mol. The van der Waals surface area contributed by atoms with Gasteiger partial charge in [0.15, 0.2) is 4.32 Å². The molecule has 236 valence electrons. The van der Waals surface area contributed by atoms with Gasteiger partial charge in [0.1, 0.15) is 22.8 Å². The van der Waals surface area contributed by atoms with Crippen LogP contribution >= 0.6 is 35.6 Å². The van der Waals surface area contributed by atoms with Gasteiger partial charge >= 0.3 is 6.09 Å². The molecule has 0 bridgehead atoms. The first-order valence-corrected chi connectivity index (χ1v) is 16.4. The summed E-state index contributed by atoms with van der Waals surface area (Å²) in [6.07, 6.45) is 2.45. The Morgan fingerprint density at radius 3 is 2.13 bits per heavy atom. The van der Waals surface area contributed by atoms with Crippen molar-refractivity contribution >= 4 is 63.7 Å². The Balaban J connectivity index is 1.07. The molecular weight excluding hydrogens is 630 g/mol. The lowest BCUT2D eigenvalue weighted by Crippen LogP contribution is -2.50. The summed E-state index contributed by atoms with van der Waals surface area (Å²) in [6, 6.07) is 22.1. The summed E-state index contributed by atoms with van der Waals surface area (Å²) in [4.78, 5) is 31.7. The molecule has 0 radical (unpaired) electrons. The summed E-state index contributed by atoms with van der Waals surface area (Å²) in [5, 5.41) is 0.649. The molecule has 2 fully saturated rings. The number of hydrogen-bond donors (Lipinski definition) is 0. The highest BCUT2D eigenvalue weighted by molar-refractivity contribution is 8.27. The maximum Gasteiger partial charge on any atom is 0.410 e. The van der Waals surface area contributed by atoms with Crippen LogP contribution in [0.15, 0.2) is 77.7 Å². The van der Waals surface area contributed by atoms with E-state index in [1.165, 1.54) is 11.8 Å². The third kappa shape index (κ3) is 9.23. The number of rotatable bonds is 9. The molecule has 2 heterocycles. The van der Waals surface area contributed by atoms with Crippen LogP contribution in [0.3, 0.4) is 0 Å². The average Bonchev–Trinajstić information content (AvgIpc) is 3.29. The molecule has 0 N–H and O–H groups in total. The Bertz CT molecular complexity index is 1530. The Hall–Kier alpha value is -3.57. The molecule has 0 atom stereocenters. The number of thioether (sulfide) groups is 1. The van der Waals surface area contributed by atoms with Gasteiger partial charge in [-0.25, -0.2) is 4.79 Å². The number of ether oxygens (including phenoxy) is 3. The fourth-order valence-electron chi connectivity index (χ4n) is 4.76. The number of anilines is 1. The summed E-state index contributed by atoms with van der Waals surface area (Å²) < 4.78 is 17.8. The average molecular weight is 666 g/mol. The van der Waals surface area contributed by atoms with E-state index in [-0.39, 0.29) is 12.0 Å².